The van der Waals surface area contributed by atoms with Crippen LogP contribution in [0.3, 0.4) is 0 Å². The molecule has 1 unspecified atom stereocenters. The smallest absolute Gasteiger partial charge is 0.0456 e. The third kappa shape index (κ3) is 1.94. The van der Waals surface area contributed by atoms with Gasteiger partial charge in [-0.15, -0.1) is 11.3 Å². The lowest BCUT2D eigenvalue weighted by atomic mass is 10.0. The number of hydrogen-bond donors (Lipinski definition) is 1. The van der Waals surface area contributed by atoms with Gasteiger partial charge in [-0.25, -0.2) is 0 Å². The van der Waals surface area contributed by atoms with Gasteiger partial charge in [0.2, 0.25) is 0 Å². The maximum Gasteiger partial charge on any atom is 0.0456 e. The Balaban J connectivity index is 2.34. The Morgan fingerprint density at radius 1 is 1.22 bits per heavy atom. The Morgan fingerprint density at radius 3 is 2.11 bits per heavy atom. The molecule has 2 rings (SSSR count). The van der Waals surface area contributed by atoms with E-state index in [1.807, 2.05) is 11.3 Å². The number of rotatable bonds is 4. The first-order valence-corrected chi connectivity index (χ1v) is 7.85. The average molecular weight is 265 g/mol. The predicted molar refractivity (Wildman–Crippen MR) is 81.3 cm³/mol. The highest BCUT2D eigenvalue weighted by molar-refractivity contribution is 7.12. The lowest BCUT2D eigenvalue weighted by molar-refractivity contribution is 0.423. The van der Waals surface area contributed by atoms with Crippen LogP contribution < -0.4 is 5.32 Å². The van der Waals surface area contributed by atoms with Crippen LogP contribution in [0.15, 0.2) is 6.07 Å². The summed E-state index contributed by atoms with van der Waals surface area (Å²) in [6.45, 7) is 17.4. The highest BCUT2D eigenvalue weighted by Crippen LogP contribution is 2.72. The second-order valence-electron chi connectivity index (χ2n) is 6.86. The molecule has 1 fully saturated rings. The Morgan fingerprint density at radius 2 is 1.78 bits per heavy atom. The molecule has 0 aliphatic heterocycles. The van der Waals surface area contributed by atoms with E-state index in [-0.39, 0.29) is 0 Å². The molecule has 1 aliphatic rings. The van der Waals surface area contributed by atoms with Crippen molar-refractivity contribution in [2.24, 2.45) is 16.7 Å². The Kier molecular flexibility index (Phi) is 3.40. The van der Waals surface area contributed by atoms with Crippen molar-refractivity contribution in [3.05, 3.63) is 21.4 Å². The van der Waals surface area contributed by atoms with Crippen LogP contribution in [0, 0.1) is 30.6 Å². The van der Waals surface area contributed by atoms with E-state index in [4.69, 9.17) is 0 Å². The van der Waals surface area contributed by atoms with Gasteiger partial charge in [-0.05, 0) is 48.8 Å². The summed E-state index contributed by atoms with van der Waals surface area (Å²) in [5, 5.41) is 3.74. The van der Waals surface area contributed by atoms with E-state index in [9.17, 15) is 0 Å². The molecule has 0 saturated heterocycles. The highest BCUT2D eigenvalue weighted by Gasteiger charge is 2.67. The molecular formula is C16H27NS. The molecule has 0 aromatic carbocycles. The van der Waals surface area contributed by atoms with Gasteiger partial charge in [0.15, 0.2) is 0 Å². The Bertz CT molecular complexity index is 428. The van der Waals surface area contributed by atoms with Crippen LogP contribution in [-0.4, -0.2) is 6.54 Å². The molecule has 1 atom stereocenters. The zero-order chi connectivity index (χ0) is 13.7. The molecule has 1 nitrogen and oxygen atoms in total. The molecule has 0 radical (unpaired) electrons. The van der Waals surface area contributed by atoms with Crippen molar-refractivity contribution in [2.45, 2.75) is 54.5 Å². The molecule has 1 aromatic rings. The monoisotopic (exact) mass is 265 g/mol. The second-order valence-corrected chi connectivity index (χ2v) is 8.15. The molecule has 1 aliphatic carbocycles. The van der Waals surface area contributed by atoms with Crippen LogP contribution in [0.2, 0.25) is 0 Å². The second kappa shape index (κ2) is 4.35. The van der Waals surface area contributed by atoms with Gasteiger partial charge in [0.05, 0.1) is 0 Å². The van der Waals surface area contributed by atoms with Gasteiger partial charge in [0, 0.05) is 15.8 Å². The standard InChI is InChI=1S/C16H27NS/c1-8-17-12(13-10(2)9-11(3)18-13)14-15(4,5)16(14,6)7/h9,12,14,17H,8H2,1-7H3. The molecule has 1 N–H and O–H groups in total. The summed E-state index contributed by atoms with van der Waals surface area (Å²) in [5.74, 6) is 0.738. The first-order valence-electron chi connectivity index (χ1n) is 7.03. The van der Waals surface area contributed by atoms with Crippen LogP contribution in [0.4, 0.5) is 0 Å². The molecule has 2 heteroatoms. The minimum Gasteiger partial charge on any atom is -0.309 e. The molecule has 1 aromatic heterocycles. The van der Waals surface area contributed by atoms with Gasteiger partial charge in [-0.1, -0.05) is 34.6 Å². The summed E-state index contributed by atoms with van der Waals surface area (Å²) in [6, 6.07) is 2.85. The molecule has 1 heterocycles. The van der Waals surface area contributed by atoms with Gasteiger partial charge >= 0.3 is 0 Å². The minimum atomic E-state index is 0.435. The van der Waals surface area contributed by atoms with Crippen LogP contribution >= 0.6 is 11.3 Å². The van der Waals surface area contributed by atoms with Crippen molar-refractivity contribution in [1.82, 2.24) is 5.32 Å². The molecule has 0 bridgehead atoms. The van der Waals surface area contributed by atoms with E-state index in [0.717, 1.165) is 12.5 Å². The molecule has 102 valence electrons. The predicted octanol–water partition coefficient (Wildman–Crippen LogP) is 4.70. The van der Waals surface area contributed by atoms with Crippen LogP contribution in [-0.2, 0) is 0 Å². The van der Waals surface area contributed by atoms with Gasteiger partial charge in [0.1, 0.15) is 0 Å². The van der Waals surface area contributed by atoms with Crippen molar-refractivity contribution in [2.75, 3.05) is 6.54 Å². The van der Waals surface area contributed by atoms with Crippen molar-refractivity contribution < 1.29 is 0 Å². The quantitative estimate of drug-likeness (QED) is 0.832. The minimum absolute atomic E-state index is 0.435. The lowest BCUT2D eigenvalue weighted by Crippen LogP contribution is -2.24. The number of thiophene rings is 1. The molecule has 0 amide bonds. The van der Waals surface area contributed by atoms with Crippen molar-refractivity contribution in [3.8, 4) is 0 Å². The summed E-state index contributed by atoms with van der Waals surface area (Å²) in [5.41, 5.74) is 2.33. The lowest BCUT2D eigenvalue weighted by Gasteiger charge is -2.20. The summed E-state index contributed by atoms with van der Waals surface area (Å²) in [6.07, 6.45) is 0. The summed E-state index contributed by atoms with van der Waals surface area (Å²) >= 11 is 1.97. The van der Waals surface area contributed by atoms with Crippen molar-refractivity contribution in [3.63, 3.8) is 0 Å². The third-order valence-electron chi connectivity index (χ3n) is 5.25. The fourth-order valence-electron chi connectivity index (χ4n) is 3.63. The summed E-state index contributed by atoms with van der Waals surface area (Å²) in [7, 11) is 0. The van der Waals surface area contributed by atoms with Gasteiger partial charge in [0.25, 0.3) is 0 Å². The zero-order valence-corrected chi connectivity index (χ0v) is 13.7. The average Bonchev–Trinajstić information content (AvgIpc) is 2.53. The summed E-state index contributed by atoms with van der Waals surface area (Å²) in [4.78, 5) is 2.99. The maximum absolute atomic E-state index is 3.74. The number of aryl methyl sites for hydroxylation is 2. The van der Waals surface area contributed by atoms with E-state index in [0.29, 0.717) is 16.9 Å². The van der Waals surface area contributed by atoms with Crippen LogP contribution in [0.5, 0.6) is 0 Å². The van der Waals surface area contributed by atoms with Gasteiger partial charge < -0.3 is 5.32 Å². The first kappa shape index (κ1) is 14.1. The zero-order valence-electron chi connectivity index (χ0n) is 12.8. The first-order chi connectivity index (χ1) is 8.23. The molecule has 18 heavy (non-hydrogen) atoms. The van der Waals surface area contributed by atoms with Gasteiger partial charge in [-0.3, -0.25) is 0 Å². The normalized spacial score (nSPS) is 23.1. The van der Waals surface area contributed by atoms with Crippen LogP contribution in [0.1, 0.15) is 56.0 Å². The fraction of sp³-hybridized carbons (Fsp3) is 0.750. The van der Waals surface area contributed by atoms with E-state index < -0.39 is 0 Å². The van der Waals surface area contributed by atoms with E-state index >= 15 is 0 Å². The molecule has 0 spiro atoms. The maximum atomic E-state index is 3.74. The Labute approximate surface area is 116 Å². The fourth-order valence-corrected chi connectivity index (χ4v) is 4.78. The van der Waals surface area contributed by atoms with E-state index in [1.54, 1.807) is 4.88 Å². The largest absolute Gasteiger partial charge is 0.309 e. The highest BCUT2D eigenvalue weighted by atomic mass is 32.1. The third-order valence-corrected chi connectivity index (χ3v) is 6.49. The SMILES string of the molecule is CCNC(c1sc(C)cc1C)C1C(C)(C)C1(C)C. The van der Waals surface area contributed by atoms with E-state index in [2.05, 4.69) is 59.8 Å². The topological polar surface area (TPSA) is 12.0 Å². The van der Waals surface area contributed by atoms with Crippen molar-refractivity contribution in [1.29, 1.82) is 0 Å². The molecular weight excluding hydrogens is 238 g/mol. The summed E-state index contributed by atoms with van der Waals surface area (Å²) < 4.78 is 0. The number of nitrogens with one attached hydrogen (secondary N) is 1. The Hall–Kier alpha value is -0.340. The van der Waals surface area contributed by atoms with Crippen LogP contribution in [0.25, 0.3) is 0 Å². The van der Waals surface area contributed by atoms with Gasteiger partial charge in [-0.2, -0.15) is 0 Å². The van der Waals surface area contributed by atoms with Crippen molar-refractivity contribution >= 4 is 11.3 Å². The van der Waals surface area contributed by atoms with E-state index in [1.165, 1.54) is 10.4 Å². The molecule has 1 saturated carbocycles. The number of hydrogen-bond acceptors (Lipinski definition) is 2.